The van der Waals surface area contributed by atoms with Crippen molar-refractivity contribution in [3.63, 3.8) is 0 Å². The van der Waals surface area contributed by atoms with Gasteiger partial charge in [0.05, 0.1) is 40.8 Å². The molecule has 0 saturated heterocycles. The lowest BCUT2D eigenvalue weighted by atomic mass is 10.1. The van der Waals surface area contributed by atoms with Gasteiger partial charge >= 0.3 is 5.97 Å². The van der Waals surface area contributed by atoms with Crippen molar-refractivity contribution in [2.45, 2.75) is 49.6 Å². The molecule has 0 fully saturated rings. The molecule has 5 rings (SSSR count). The number of thiophene rings is 1. The van der Waals surface area contributed by atoms with E-state index in [4.69, 9.17) is 14.5 Å². The summed E-state index contributed by atoms with van der Waals surface area (Å²) in [5.74, 6) is 0.913. The predicted octanol–water partition coefficient (Wildman–Crippen LogP) is 4.74. The SMILES string of the molecule is CCOC(=O)c1c(NC(=O)CSc2nc3c(c(=O)n2-c2ccc(OCC)cc2)SCC3)sc2c1CCC2. The summed E-state index contributed by atoms with van der Waals surface area (Å²) >= 11 is 4.17. The van der Waals surface area contributed by atoms with Crippen molar-refractivity contribution in [2.24, 2.45) is 0 Å². The van der Waals surface area contributed by atoms with Crippen LogP contribution in [-0.2, 0) is 28.8 Å². The number of carbonyl (C=O) groups is 2. The van der Waals surface area contributed by atoms with Crippen molar-refractivity contribution in [3.05, 3.63) is 56.3 Å². The summed E-state index contributed by atoms with van der Waals surface area (Å²) in [6, 6.07) is 7.28. The molecule has 1 amide bonds. The van der Waals surface area contributed by atoms with Crippen LogP contribution in [0.2, 0.25) is 0 Å². The standard InChI is InChI=1S/C26H27N3O5S3/c1-3-33-16-10-8-15(9-11-16)29-24(31)22-18(12-13-35-22)27-26(29)36-14-20(30)28-23-21(25(32)34-4-2)17-6-5-7-19(17)37-23/h8-11H,3-7,12-14H2,1-2H3,(H,28,30). The Kier molecular flexibility index (Phi) is 7.92. The van der Waals surface area contributed by atoms with Crippen LogP contribution in [0.5, 0.6) is 5.75 Å². The van der Waals surface area contributed by atoms with Gasteiger partial charge in [-0.05, 0) is 62.9 Å². The number of anilines is 1. The molecule has 194 valence electrons. The first-order valence-electron chi connectivity index (χ1n) is 12.3. The number of fused-ring (bicyclic) bond motifs is 2. The number of amides is 1. The second-order valence-corrected chi connectivity index (χ2v) is 11.6. The number of benzene rings is 1. The Morgan fingerprint density at radius 1 is 1.14 bits per heavy atom. The summed E-state index contributed by atoms with van der Waals surface area (Å²) in [6.07, 6.45) is 3.45. The lowest BCUT2D eigenvalue weighted by molar-refractivity contribution is -0.113. The molecule has 1 aromatic carbocycles. The van der Waals surface area contributed by atoms with E-state index in [1.807, 2.05) is 31.2 Å². The number of nitrogens with one attached hydrogen (secondary N) is 1. The van der Waals surface area contributed by atoms with Crippen LogP contribution in [0.1, 0.15) is 46.8 Å². The fraction of sp³-hybridized carbons (Fsp3) is 0.385. The molecule has 0 spiro atoms. The zero-order valence-electron chi connectivity index (χ0n) is 20.6. The number of ether oxygens (including phenoxy) is 2. The minimum absolute atomic E-state index is 0.0419. The van der Waals surface area contributed by atoms with Gasteiger partial charge in [-0.3, -0.25) is 14.2 Å². The van der Waals surface area contributed by atoms with Gasteiger partial charge < -0.3 is 14.8 Å². The average molecular weight is 558 g/mol. The maximum Gasteiger partial charge on any atom is 0.341 e. The van der Waals surface area contributed by atoms with Crippen molar-refractivity contribution < 1.29 is 19.1 Å². The van der Waals surface area contributed by atoms with Gasteiger partial charge in [-0.25, -0.2) is 9.78 Å². The number of hydrogen-bond acceptors (Lipinski definition) is 9. The van der Waals surface area contributed by atoms with E-state index in [2.05, 4.69) is 5.32 Å². The van der Waals surface area contributed by atoms with E-state index < -0.39 is 5.97 Å². The number of rotatable bonds is 9. The Labute approximate surface area is 227 Å². The molecule has 0 atom stereocenters. The second kappa shape index (κ2) is 11.3. The Hall–Kier alpha value is -2.76. The van der Waals surface area contributed by atoms with Crippen molar-refractivity contribution in [2.75, 3.05) is 30.0 Å². The largest absolute Gasteiger partial charge is 0.494 e. The molecule has 1 aliphatic carbocycles. The van der Waals surface area contributed by atoms with Gasteiger partial charge in [0.2, 0.25) is 5.91 Å². The Bertz CT molecular complexity index is 1400. The van der Waals surface area contributed by atoms with E-state index in [1.54, 1.807) is 11.5 Å². The minimum Gasteiger partial charge on any atom is -0.494 e. The topological polar surface area (TPSA) is 99.5 Å². The van der Waals surface area contributed by atoms with Gasteiger partial charge in [-0.2, -0.15) is 0 Å². The fourth-order valence-electron chi connectivity index (χ4n) is 4.48. The number of esters is 1. The van der Waals surface area contributed by atoms with Crippen LogP contribution in [0.4, 0.5) is 5.00 Å². The molecular weight excluding hydrogens is 531 g/mol. The first-order chi connectivity index (χ1) is 18.0. The van der Waals surface area contributed by atoms with Crippen molar-refractivity contribution in [1.29, 1.82) is 0 Å². The number of aromatic nitrogens is 2. The summed E-state index contributed by atoms with van der Waals surface area (Å²) in [7, 11) is 0. The van der Waals surface area contributed by atoms with Crippen LogP contribution in [0.3, 0.4) is 0 Å². The molecule has 2 aromatic heterocycles. The Balaban J connectivity index is 1.39. The highest BCUT2D eigenvalue weighted by molar-refractivity contribution is 8.00. The van der Waals surface area contributed by atoms with Crippen LogP contribution >= 0.6 is 34.9 Å². The number of carbonyl (C=O) groups excluding carboxylic acids is 2. The minimum atomic E-state index is -0.396. The molecule has 37 heavy (non-hydrogen) atoms. The summed E-state index contributed by atoms with van der Waals surface area (Å²) in [5.41, 5.74) is 2.79. The molecule has 11 heteroatoms. The third-order valence-corrected chi connectivity index (χ3v) is 9.31. The highest BCUT2D eigenvalue weighted by atomic mass is 32.2. The van der Waals surface area contributed by atoms with Crippen LogP contribution < -0.4 is 15.6 Å². The molecule has 0 bridgehead atoms. The lowest BCUT2D eigenvalue weighted by Gasteiger charge is -2.14. The normalized spacial score (nSPS) is 13.8. The highest BCUT2D eigenvalue weighted by Gasteiger charge is 2.29. The number of hydrogen-bond donors (Lipinski definition) is 1. The molecule has 3 aromatic rings. The zero-order valence-corrected chi connectivity index (χ0v) is 23.1. The molecule has 3 heterocycles. The summed E-state index contributed by atoms with van der Waals surface area (Å²) < 4.78 is 12.4. The molecule has 8 nitrogen and oxygen atoms in total. The van der Waals surface area contributed by atoms with Gasteiger partial charge in [-0.1, -0.05) is 11.8 Å². The van der Waals surface area contributed by atoms with Crippen LogP contribution in [0.15, 0.2) is 39.1 Å². The average Bonchev–Trinajstić information content (AvgIpc) is 3.60. The van der Waals surface area contributed by atoms with Gasteiger partial charge in [0.15, 0.2) is 5.16 Å². The molecule has 2 aliphatic rings. The first-order valence-corrected chi connectivity index (χ1v) is 15.0. The smallest absolute Gasteiger partial charge is 0.341 e. The number of aryl methyl sites for hydroxylation is 2. The van der Waals surface area contributed by atoms with Crippen molar-refractivity contribution in [1.82, 2.24) is 9.55 Å². The van der Waals surface area contributed by atoms with Gasteiger partial charge in [0.1, 0.15) is 10.8 Å². The molecular formula is C26H27N3O5S3. The molecule has 0 radical (unpaired) electrons. The van der Waals surface area contributed by atoms with Crippen molar-refractivity contribution in [3.8, 4) is 11.4 Å². The molecule has 0 unspecified atom stereocenters. The van der Waals surface area contributed by atoms with Gasteiger partial charge in [0, 0.05) is 17.1 Å². The van der Waals surface area contributed by atoms with Gasteiger partial charge in [-0.15, -0.1) is 23.1 Å². The third kappa shape index (κ3) is 5.30. The van der Waals surface area contributed by atoms with Crippen LogP contribution in [0.25, 0.3) is 5.69 Å². The predicted molar refractivity (Wildman–Crippen MR) is 147 cm³/mol. The maximum atomic E-state index is 13.4. The quantitative estimate of drug-likeness (QED) is 0.229. The lowest BCUT2D eigenvalue weighted by Crippen LogP contribution is -2.24. The fourth-order valence-corrected chi connectivity index (χ4v) is 7.63. The Morgan fingerprint density at radius 2 is 1.95 bits per heavy atom. The van der Waals surface area contributed by atoms with E-state index in [0.717, 1.165) is 53.3 Å². The maximum absolute atomic E-state index is 13.4. The summed E-state index contributed by atoms with van der Waals surface area (Å²) in [6.45, 7) is 4.51. The van der Waals surface area contributed by atoms with Crippen LogP contribution in [0, 0.1) is 0 Å². The molecule has 1 N–H and O–H groups in total. The summed E-state index contributed by atoms with van der Waals surface area (Å²) in [4.78, 5) is 45.6. The first kappa shape index (κ1) is 25.9. The van der Waals surface area contributed by atoms with Gasteiger partial charge in [0.25, 0.3) is 5.56 Å². The monoisotopic (exact) mass is 557 g/mol. The highest BCUT2D eigenvalue weighted by Crippen LogP contribution is 2.39. The van der Waals surface area contributed by atoms with Crippen molar-refractivity contribution >= 4 is 51.7 Å². The van der Waals surface area contributed by atoms with E-state index in [1.165, 1.54) is 34.9 Å². The van der Waals surface area contributed by atoms with E-state index in [9.17, 15) is 14.4 Å². The summed E-state index contributed by atoms with van der Waals surface area (Å²) in [5, 5.41) is 3.92. The van der Waals surface area contributed by atoms with E-state index in [0.29, 0.717) is 32.9 Å². The van der Waals surface area contributed by atoms with Crippen LogP contribution in [-0.4, -0.2) is 46.1 Å². The van der Waals surface area contributed by atoms with E-state index in [-0.39, 0.29) is 23.8 Å². The molecule has 0 saturated carbocycles. The third-order valence-electron chi connectivity index (χ3n) is 6.06. The Morgan fingerprint density at radius 3 is 2.70 bits per heavy atom. The molecule has 1 aliphatic heterocycles. The van der Waals surface area contributed by atoms with E-state index >= 15 is 0 Å². The number of nitrogens with zero attached hydrogens (tertiary/aromatic N) is 2. The second-order valence-electron chi connectivity index (χ2n) is 8.45. The number of thioether (sulfide) groups is 2. The zero-order chi connectivity index (χ0) is 25.9.